The van der Waals surface area contributed by atoms with Crippen molar-refractivity contribution in [3.8, 4) is 0 Å². The fraction of sp³-hybridized carbons (Fsp3) is 0.320. The van der Waals surface area contributed by atoms with E-state index in [1.54, 1.807) is 0 Å². The number of carbonyl (C=O) groups excluding carboxylic acids is 3. The van der Waals surface area contributed by atoms with Gasteiger partial charge in [0.25, 0.3) is 0 Å². The third kappa shape index (κ3) is 6.44. The van der Waals surface area contributed by atoms with Gasteiger partial charge in [0.05, 0.1) is 6.04 Å². The van der Waals surface area contributed by atoms with Crippen LogP contribution in [0.4, 0.5) is 4.79 Å². The molecule has 3 aromatic rings. The highest BCUT2D eigenvalue weighted by Crippen LogP contribution is 2.19. The first-order chi connectivity index (χ1) is 15.5. The molecule has 168 valence electrons. The lowest BCUT2D eigenvalue weighted by molar-refractivity contribution is -0.125. The van der Waals surface area contributed by atoms with Gasteiger partial charge in [0.2, 0.25) is 5.91 Å². The SMILES string of the molecule is CC(C)CC(C=O)NC(=O)[C@H](Cc1c[nH]c2ccccc12)NC(=O)OCc1ccccc1. The summed E-state index contributed by atoms with van der Waals surface area (Å²) in [6, 6.07) is 15.5. The lowest BCUT2D eigenvalue weighted by Gasteiger charge is -2.21. The van der Waals surface area contributed by atoms with Crippen molar-refractivity contribution in [2.45, 2.75) is 45.4 Å². The van der Waals surface area contributed by atoms with E-state index in [1.807, 2.05) is 74.6 Å². The molecular formula is C25H29N3O4. The van der Waals surface area contributed by atoms with Gasteiger partial charge < -0.3 is 25.1 Å². The molecule has 2 aromatic carbocycles. The number of aromatic nitrogens is 1. The minimum absolute atomic E-state index is 0.0956. The number of fused-ring (bicyclic) bond motifs is 1. The van der Waals surface area contributed by atoms with Gasteiger partial charge in [-0.1, -0.05) is 62.4 Å². The quantitative estimate of drug-likeness (QED) is 0.423. The van der Waals surface area contributed by atoms with E-state index in [2.05, 4.69) is 15.6 Å². The van der Waals surface area contributed by atoms with Gasteiger partial charge in [0, 0.05) is 23.5 Å². The molecule has 3 rings (SSSR count). The highest BCUT2D eigenvalue weighted by molar-refractivity contribution is 5.89. The van der Waals surface area contributed by atoms with Crippen LogP contribution in [0.15, 0.2) is 60.8 Å². The summed E-state index contributed by atoms with van der Waals surface area (Å²) in [7, 11) is 0. The summed E-state index contributed by atoms with van der Waals surface area (Å²) in [5, 5.41) is 6.39. The van der Waals surface area contributed by atoms with Gasteiger partial charge in [-0.2, -0.15) is 0 Å². The van der Waals surface area contributed by atoms with E-state index in [4.69, 9.17) is 4.74 Å². The number of aromatic amines is 1. The number of rotatable bonds is 10. The number of aldehydes is 1. The number of carbonyl (C=O) groups is 3. The fourth-order valence-corrected chi connectivity index (χ4v) is 3.58. The number of benzene rings is 2. The van der Waals surface area contributed by atoms with Crippen LogP contribution in [-0.4, -0.2) is 35.4 Å². The Morgan fingerprint density at radius 2 is 1.75 bits per heavy atom. The molecule has 0 saturated heterocycles. The van der Waals surface area contributed by atoms with E-state index in [0.717, 1.165) is 28.3 Å². The Morgan fingerprint density at radius 1 is 1.03 bits per heavy atom. The van der Waals surface area contributed by atoms with Crippen LogP contribution >= 0.6 is 0 Å². The Bertz CT molecular complexity index is 1050. The summed E-state index contributed by atoms with van der Waals surface area (Å²) in [5.41, 5.74) is 2.67. The van der Waals surface area contributed by atoms with E-state index < -0.39 is 24.1 Å². The van der Waals surface area contributed by atoms with E-state index in [0.29, 0.717) is 6.42 Å². The summed E-state index contributed by atoms with van der Waals surface area (Å²) < 4.78 is 5.30. The van der Waals surface area contributed by atoms with E-state index in [1.165, 1.54) is 0 Å². The molecule has 0 saturated carbocycles. The van der Waals surface area contributed by atoms with E-state index >= 15 is 0 Å². The monoisotopic (exact) mass is 435 g/mol. The fourth-order valence-electron chi connectivity index (χ4n) is 3.58. The molecule has 1 heterocycles. The number of amides is 2. The average Bonchev–Trinajstić information content (AvgIpc) is 3.20. The topological polar surface area (TPSA) is 100 Å². The van der Waals surface area contributed by atoms with Crippen LogP contribution in [0.25, 0.3) is 10.9 Å². The molecule has 0 aliphatic carbocycles. The van der Waals surface area contributed by atoms with Crippen molar-refractivity contribution in [3.63, 3.8) is 0 Å². The second kappa shape index (κ2) is 11.1. The Morgan fingerprint density at radius 3 is 2.47 bits per heavy atom. The van der Waals surface area contributed by atoms with E-state index in [9.17, 15) is 14.4 Å². The summed E-state index contributed by atoms with van der Waals surface area (Å²) in [4.78, 5) is 40.1. The Kier molecular flexibility index (Phi) is 8.02. The molecule has 7 heteroatoms. The predicted octanol–water partition coefficient (Wildman–Crippen LogP) is 3.74. The van der Waals surface area contributed by atoms with Crippen LogP contribution in [0.5, 0.6) is 0 Å². The first-order valence-corrected chi connectivity index (χ1v) is 10.7. The summed E-state index contributed by atoms with van der Waals surface area (Å²) in [5.74, 6) is -0.189. The lowest BCUT2D eigenvalue weighted by atomic mass is 10.0. The second-order valence-corrected chi connectivity index (χ2v) is 8.20. The van der Waals surface area contributed by atoms with Crippen molar-refractivity contribution in [2.75, 3.05) is 0 Å². The van der Waals surface area contributed by atoms with Crippen molar-refractivity contribution in [1.29, 1.82) is 0 Å². The second-order valence-electron chi connectivity index (χ2n) is 8.20. The number of hydrogen-bond acceptors (Lipinski definition) is 4. The molecule has 1 unspecified atom stereocenters. The third-order valence-electron chi connectivity index (χ3n) is 5.14. The van der Waals surface area contributed by atoms with Crippen LogP contribution in [0, 0.1) is 5.92 Å². The lowest BCUT2D eigenvalue weighted by Crippen LogP contribution is -2.51. The van der Waals surface area contributed by atoms with Gasteiger partial charge >= 0.3 is 6.09 Å². The molecule has 7 nitrogen and oxygen atoms in total. The highest BCUT2D eigenvalue weighted by atomic mass is 16.5. The molecule has 0 fully saturated rings. The van der Waals surface area contributed by atoms with Crippen LogP contribution in [-0.2, 0) is 27.4 Å². The summed E-state index contributed by atoms with van der Waals surface area (Å²) in [6.07, 6.45) is 2.64. The molecule has 0 radical (unpaired) electrons. The standard InChI is InChI=1S/C25H29N3O4/c1-17(2)12-20(15-29)27-24(30)23(13-19-14-26-22-11-7-6-10-21(19)22)28-25(31)32-16-18-8-4-3-5-9-18/h3-11,14-15,17,20,23,26H,12-13,16H2,1-2H3,(H,27,30)(H,28,31)/t20?,23-/m0/s1. The van der Waals surface area contributed by atoms with Crippen molar-refractivity contribution in [2.24, 2.45) is 5.92 Å². The zero-order chi connectivity index (χ0) is 22.9. The largest absolute Gasteiger partial charge is 0.445 e. The minimum atomic E-state index is -0.896. The first-order valence-electron chi connectivity index (χ1n) is 10.7. The number of nitrogens with one attached hydrogen (secondary N) is 3. The van der Waals surface area contributed by atoms with Gasteiger partial charge in [-0.05, 0) is 29.5 Å². The first kappa shape index (κ1) is 23.1. The number of ether oxygens (including phenoxy) is 1. The number of para-hydroxylation sites is 1. The van der Waals surface area contributed by atoms with Crippen LogP contribution in [0.2, 0.25) is 0 Å². The molecule has 2 atom stereocenters. The molecule has 2 amide bonds. The summed E-state index contributed by atoms with van der Waals surface area (Å²) in [6.45, 7) is 4.05. The van der Waals surface area contributed by atoms with Gasteiger partial charge in [0.15, 0.2) is 0 Å². The maximum atomic E-state index is 13.0. The molecule has 1 aromatic heterocycles. The average molecular weight is 436 g/mol. The number of hydrogen-bond donors (Lipinski definition) is 3. The van der Waals surface area contributed by atoms with Crippen molar-refractivity contribution in [1.82, 2.24) is 15.6 Å². The van der Waals surface area contributed by atoms with Crippen LogP contribution in [0.1, 0.15) is 31.4 Å². The zero-order valence-electron chi connectivity index (χ0n) is 18.3. The third-order valence-corrected chi connectivity index (χ3v) is 5.14. The molecule has 0 bridgehead atoms. The molecule has 32 heavy (non-hydrogen) atoms. The normalized spacial score (nSPS) is 12.8. The highest BCUT2D eigenvalue weighted by Gasteiger charge is 2.25. The van der Waals surface area contributed by atoms with Gasteiger partial charge in [-0.15, -0.1) is 0 Å². The molecule has 0 aliphatic rings. The van der Waals surface area contributed by atoms with Gasteiger partial charge in [0.1, 0.15) is 18.9 Å². The van der Waals surface area contributed by atoms with Gasteiger partial charge in [-0.25, -0.2) is 4.79 Å². The molecule has 0 aliphatic heterocycles. The zero-order valence-corrected chi connectivity index (χ0v) is 18.3. The Balaban J connectivity index is 1.72. The van der Waals surface area contributed by atoms with Crippen LogP contribution in [0.3, 0.4) is 0 Å². The number of H-pyrrole nitrogens is 1. The predicted molar refractivity (Wildman–Crippen MR) is 123 cm³/mol. The Hall–Kier alpha value is -3.61. The van der Waals surface area contributed by atoms with Crippen molar-refractivity contribution >= 4 is 29.2 Å². The maximum Gasteiger partial charge on any atom is 0.408 e. The van der Waals surface area contributed by atoms with Crippen LogP contribution < -0.4 is 10.6 Å². The molecule has 3 N–H and O–H groups in total. The minimum Gasteiger partial charge on any atom is -0.445 e. The smallest absolute Gasteiger partial charge is 0.408 e. The van der Waals surface area contributed by atoms with Crippen molar-refractivity contribution < 1.29 is 19.1 Å². The van der Waals surface area contributed by atoms with Gasteiger partial charge in [-0.3, -0.25) is 4.79 Å². The summed E-state index contributed by atoms with van der Waals surface area (Å²) >= 11 is 0. The van der Waals surface area contributed by atoms with Crippen molar-refractivity contribution in [3.05, 3.63) is 71.9 Å². The van der Waals surface area contributed by atoms with E-state index in [-0.39, 0.29) is 18.9 Å². The number of alkyl carbamates (subject to hydrolysis) is 1. The molecular weight excluding hydrogens is 406 g/mol. The molecule has 0 spiro atoms. The Labute approximate surface area is 187 Å². The maximum absolute atomic E-state index is 13.0.